The Morgan fingerprint density at radius 2 is 2.10 bits per heavy atom. The number of aliphatic hydroxyl groups excluding tert-OH is 1. The minimum absolute atomic E-state index is 0.0670. The quantitative estimate of drug-likeness (QED) is 0.844. The summed E-state index contributed by atoms with van der Waals surface area (Å²) >= 11 is 0. The number of ether oxygens (including phenoxy) is 1. The molecule has 20 heavy (non-hydrogen) atoms. The van der Waals surface area contributed by atoms with E-state index in [-0.39, 0.29) is 17.9 Å². The molecule has 0 heterocycles. The lowest BCUT2D eigenvalue weighted by Gasteiger charge is -2.20. The molecule has 0 radical (unpaired) electrons. The lowest BCUT2D eigenvalue weighted by atomic mass is 10.0. The fourth-order valence-electron chi connectivity index (χ4n) is 2.73. The summed E-state index contributed by atoms with van der Waals surface area (Å²) < 4.78 is 29.3. The molecule has 5 heteroatoms. The second-order valence-electron chi connectivity index (χ2n) is 5.38. The van der Waals surface area contributed by atoms with Crippen LogP contribution in [0.2, 0.25) is 0 Å². The van der Waals surface area contributed by atoms with Gasteiger partial charge in [0.05, 0.1) is 6.10 Å². The number of hydrogen-bond acceptors (Lipinski definition) is 3. The molecule has 0 aromatic heterocycles. The normalized spacial score (nSPS) is 24.1. The van der Waals surface area contributed by atoms with Gasteiger partial charge in [-0.05, 0) is 44.7 Å². The zero-order valence-electron chi connectivity index (χ0n) is 11.6. The molecule has 0 bridgehead atoms. The van der Waals surface area contributed by atoms with E-state index in [0.29, 0.717) is 5.92 Å². The fraction of sp³-hybridized carbons (Fsp3) is 0.600. The van der Waals surface area contributed by atoms with Crippen LogP contribution in [0.4, 0.5) is 8.78 Å². The Bertz CT molecular complexity index is 428. The summed E-state index contributed by atoms with van der Waals surface area (Å²) in [5.41, 5.74) is 0.728. The van der Waals surface area contributed by atoms with Gasteiger partial charge in [-0.1, -0.05) is 18.2 Å². The van der Waals surface area contributed by atoms with Gasteiger partial charge >= 0.3 is 6.61 Å². The predicted octanol–water partition coefficient (Wildman–Crippen LogP) is 3.10. The summed E-state index contributed by atoms with van der Waals surface area (Å²) in [5.74, 6) is 0.671. The van der Waals surface area contributed by atoms with E-state index in [1.807, 2.05) is 13.0 Å². The van der Waals surface area contributed by atoms with Gasteiger partial charge in [-0.15, -0.1) is 0 Å². The van der Waals surface area contributed by atoms with Gasteiger partial charge in [0.25, 0.3) is 0 Å². The molecule has 0 spiro atoms. The van der Waals surface area contributed by atoms with Crippen molar-refractivity contribution in [3.8, 4) is 5.75 Å². The Labute approximate surface area is 117 Å². The Morgan fingerprint density at radius 3 is 2.75 bits per heavy atom. The number of halogens is 2. The monoisotopic (exact) mass is 285 g/mol. The highest BCUT2D eigenvalue weighted by Crippen LogP contribution is 2.28. The summed E-state index contributed by atoms with van der Waals surface area (Å²) in [6.45, 7) is -0.103. The second kappa shape index (κ2) is 6.99. The molecular formula is C15H21F2NO2. The average Bonchev–Trinajstić information content (AvgIpc) is 2.82. The summed E-state index contributed by atoms with van der Waals surface area (Å²) in [4.78, 5) is 0. The van der Waals surface area contributed by atoms with E-state index < -0.39 is 6.61 Å². The van der Waals surface area contributed by atoms with Crippen molar-refractivity contribution < 1.29 is 18.6 Å². The number of nitrogens with one attached hydrogen (secondary N) is 1. The minimum atomic E-state index is -2.81. The van der Waals surface area contributed by atoms with Crippen molar-refractivity contribution in [3.63, 3.8) is 0 Å². The zero-order chi connectivity index (χ0) is 14.5. The molecule has 112 valence electrons. The zero-order valence-corrected chi connectivity index (χ0v) is 11.6. The largest absolute Gasteiger partial charge is 0.434 e. The number of hydrogen-bond donors (Lipinski definition) is 2. The van der Waals surface area contributed by atoms with Crippen LogP contribution >= 0.6 is 0 Å². The topological polar surface area (TPSA) is 41.5 Å². The predicted molar refractivity (Wildman–Crippen MR) is 72.8 cm³/mol. The molecule has 1 saturated carbocycles. The van der Waals surface area contributed by atoms with Crippen LogP contribution in [0.3, 0.4) is 0 Å². The van der Waals surface area contributed by atoms with Gasteiger partial charge in [0.2, 0.25) is 0 Å². The van der Waals surface area contributed by atoms with E-state index in [1.54, 1.807) is 18.2 Å². The fourth-order valence-corrected chi connectivity index (χ4v) is 2.73. The Hall–Kier alpha value is -1.20. The van der Waals surface area contributed by atoms with Gasteiger partial charge in [0.1, 0.15) is 5.75 Å². The molecule has 1 fully saturated rings. The van der Waals surface area contributed by atoms with Crippen molar-refractivity contribution in [2.24, 2.45) is 5.92 Å². The van der Waals surface area contributed by atoms with Crippen molar-refractivity contribution in [1.29, 1.82) is 0 Å². The standard InChI is InChI=1S/C15H21F2NO2/c1-10(18-9-11-6-7-12(19)8-11)13-4-2-3-5-14(13)20-15(16)17/h2-5,10-12,15,18-19H,6-9H2,1H3. The molecule has 3 unspecified atom stereocenters. The molecule has 0 aliphatic heterocycles. The van der Waals surface area contributed by atoms with E-state index in [9.17, 15) is 13.9 Å². The molecule has 1 aliphatic rings. The lowest BCUT2D eigenvalue weighted by molar-refractivity contribution is -0.0506. The molecule has 3 atom stereocenters. The number of para-hydroxylation sites is 1. The SMILES string of the molecule is CC(NCC1CCC(O)C1)c1ccccc1OC(F)F. The maximum Gasteiger partial charge on any atom is 0.387 e. The lowest BCUT2D eigenvalue weighted by Crippen LogP contribution is -2.25. The molecular weight excluding hydrogens is 264 g/mol. The first-order chi connectivity index (χ1) is 9.56. The summed E-state index contributed by atoms with van der Waals surface area (Å²) in [5, 5.41) is 12.8. The molecule has 1 aliphatic carbocycles. The third kappa shape index (κ3) is 4.15. The van der Waals surface area contributed by atoms with Crippen LogP contribution in [0, 0.1) is 5.92 Å². The van der Waals surface area contributed by atoms with Gasteiger partial charge in [0, 0.05) is 11.6 Å². The van der Waals surface area contributed by atoms with Crippen LogP contribution in [-0.4, -0.2) is 24.4 Å². The van der Waals surface area contributed by atoms with Crippen molar-refractivity contribution in [2.75, 3.05) is 6.54 Å². The van der Waals surface area contributed by atoms with Gasteiger partial charge in [0.15, 0.2) is 0 Å². The van der Waals surface area contributed by atoms with Crippen molar-refractivity contribution in [2.45, 2.75) is 44.9 Å². The first-order valence-electron chi connectivity index (χ1n) is 7.01. The second-order valence-corrected chi connectivity index (χ2v) is 5.38. The van der Waals surface area contributed by atoms with E-state index in [0.717, 1.165) is 31.4 Å². The molecule has 3 nitrogen and oxygen atoms in total. The summed E-state index contributed by atoms with van der Waals surface area (Å²) in [6.07, 6.45) is 2.49. The number of rotatable bonds is 6. The van der Waals surface area contributed by atoms with Crippen LogP contribution in [0.5, 0.6) is 5.75 Å². The van der Waals surface area contributed by atoms with E-state index >= 15 is 0 Å². The molecule has 2 N–H and O–H groups in total. The highest BCUT2D eigenvalue weighted by Gasteiger charge is 2.23. The van der Waals surface area contributed by atoms with Crippen LogP contribution < -0.4 is 10.1 Å². The molecule has 1 aromatic rings. The van der Waals surface area contributed by atoms with E-state index in [2.05, 4.69) is 10.1 Å². The van der Waals surface area contributed by atoms with Crippen LogP contribution in [0.25, 0.3) is 0 Å². The smallest absolute Gasteiger partial charge is 0.387 e. The molecule has 0 amide bonds. The Kier molecular flexibility index (Phi) is 5.31. The molecule has 1 aromatic carbocycles. The van der Waals surface area contributed by atoms with E-state index in [4.69, 9.17) is 0 Å². The molecule has 0 saturated heterocycles. The number of aliphatic hydroxyl groups is 1. The number of alkyl halides is 2. The van der Waals surface area contributed by atoms with Gasteiger partial charge in [-0.2, -0.15) is 8.78 Å². The number of benzene rings is 1. The van der Waals surface area contributed by atoms with Gasteiger partial charge in [-0.25, -0.2) is 0 Å². The molecule has 2 rings (SSSR count). The highest BCUT2D eigenvalue weighted by molar-refractivity contribution is 5.35. The van der Waals surface area contributed by atoms with Crippen LogP contribution in [-0.2, 0) is 0 Å². The van der Waals surface area contributed by atoms with Crippen molar-refractivity contribution in [1.82, 2.24) is 5.32 Å². The van der Waals surface area contributed by atoms with E-state index in [1.165, 1.54) is 0 Å². The maximum absolute atomic E-state index is 12.4. The Balaban J connectivity index is 1.93. The highest BCUT2D eigenvalue weighted by atomic mass is 19.3. The van der Waals surface area contributed by atoms with Crippen molar-refractivity contribution in [3.05, 3.63) is 29.8 Å². The maximum atomic E-state index is 12.4. The van der Waals surface area contributed by atoms with Crippen LogP contribution in [0.15, 0.2) is 24.3 Å². The first-order valence-corrected chi connectivity index (χ1v) is 7.01. The van der Waals surface area contributed by atoms with Crippen molar-refractivity contribution >= 4 is 0 Å². The first kappa shape index (κ1) is 15.2. The minimum Gasteiger partial charge on any atom is -0.434 e. The van der Waals surface area contributed by atoms with Crippen LogP contribution in [0.1, 0.15) is 37.8 Å². The summed E-state index contributed by atoms with van der Waals surface area (Å²) in [6, 6.07) is 6.77. The third-order valence-electron chi connectivity index (χ3n) is 3.83. The third-order valence-corrected chi connectivity index (χ3v) is 3.83. The Morgan fingerprint density at radius 1 is 1.35 bits per heavy atom. The van der Waals surface area contributed by atoms with Gasteiger partial charge < -0.3 is 15.2 Å². The van der Waals surface area contributed by atoms with Gasteiger partial charge in [-0.3, -0.25) is 0 Å². The summed E-state index contributed by atoms with van der Waals surface area (Å²) in [7, 11) is 0. The average molecular weight is 285 g/mol.